The number of allylic oxidation sites excluding steroid dienone is 4. The van der Waals surface area contributed by atoms with Gasteiger partial charge in [-0.2, -0.15) is 0 Å². The minimum absolute atomic E-state index is 0.859. The zero-order chi connectivity index (χ0) is 16.8. The lowest BCUT2D eigenvalue weighted by atomic mass is 9.85. The van der Waals surface area contributed by atoms with Crippen molar-refractivity contribution < 1.29 is 4.74 Å². The van der Waals surface area contributed by atoms with E-state index >= 15 is 0 Å². The summed E-state index contributed by atoms with van der Waals surface area (Å²) >= 11 is 0. The van der Waals surface area contributed by atoms with Crippen LogP contribution in [0.4, 0.5) is 0 Å². The van der Waals surface area contributed by atoms with Gasteiger partial charge in [0.1, 0.15) is 5.76 Å². The molecular weight excluding hydrogens is 268 g/mol. The van der Waals surface area contributed by atoms with E-state index in [4.69, 9.17) is 4.74 Å². The first-order valence-corrected chi connectivity index (χ1v) is 8.93. The third-order valence-electron chi connectivity index (χ3n) is 4.05. The first-order valence-electron chi connectivity index (χ1n) is 8.93. The molecule has 0 aromatic heterocycles. The second-order valence-corrected chi connectivity index (χ2v) is 5.94. The van der Waals surface area contributed by atoms with Crippen molar-refractivity contribution in [2.45, 2.75) is 79.1 Å². The lowest BCUT2D eigenvalue weighted by Gasteiger charge is -2.21. The molecule has 0 N–H and O–H groups in total. The molecule has 0 radical (unpaired) electrons. The molecule has 1 heteroatoms. The summed E-state index contributed by atoms with van der Waals surface area (Å²) in [7, 11) is 0. The van der Waals surface area contributed by atoms with E-state index in [1.165, 1.54) is 62.4 Å². The smallest absolute Gasteiger partial charge is 0.122 e. The van der Waals surface area contributed by atoms with Crippen LogP contribution >= 0.6 is 0 Å². The average molecular weight is 305 g/mol. The van der Waals surface area contributed by atoms with E-state index in [2.05, 4.69) is 26.2 Å². The molecule has 22 heavy (non-hydrogen) atoms. The number of hydrogen-bond acceptors (Lipinski definition) is 1. The van der Waals surface area contributed by atoms with Gasteiger partial charge in [-0.05, 0) is 51.2 Å². The Balaban J connectivity index is 0.00000211. The normalized spacial score (nSPS) is 16.5. The SMILES string of the molecule is C=COC(=C\C)/C=C(\C)CC(=C)CCC1CCCCC1.CC. The molecular formula is C21H36O. The zero-order valence-corrected chi connectivity index (χ0v) is 15.3. The third kappa shape index (κ3) is 9.65. The highest BCUT2D eigenvalue weighted by molar-refractivity contribution is 5.21. The molecule has 1 aliphatic carbocycles. The van der Waals surface area contributed by atoms with E-state index in [1.54, 1.807) is 0 Å². The molecule has 1 nitrogen and oxygen atoms in total. The van der Waals surface area contributed by atoms with Crippen LogP contribution in [0.2, 0.25) is 0 Å². The highest BCUT2D eigenvalue weighted by Gasteiger charge is 2.13. The zero-order valence-electron chi connectivity index (χ0n) is 15.3. The monoisotopic (exact) mass is 304 g/mol. The predicted molar refractivity (Wildman–Crippen MR) is 99.7 cm³/mol. The maximum Gasteiger partial charge on any atom is 0.122 e. The van der Waals surface area contributed by atoms with Crippen LogP contribution < -0.4 is 0 Å². The Labute approximate surface area is 138 Å². The van der Waals surface area contributed by atoms with Crippen LogP contribution in [0, 0.1) is 5.92 Å². The largest absolute Gasteiger partial charge is 0.466 e. The van der Waals surface area contributed by atoms with Crippen molar-refractivity contribution in [2.24, 2.45) is 5.92 Å². The van der Waals surface area contributed by atoms with E-state index in [1.807, 2.05) is 26.8 Å². The van der Waals surface area contributed by atoms with Crippen LogP contribution in [0.3, 0.4) is 0 Å². The summed E-state index contributed by atoms with van der Waals surface area (Å²) in [4.78, 5) is 0. The molecule has 0 unspecified atom stereocenters. The number of ether oxygens (including phenoxy) is 1. The van der Waals surface area contributed by atoms with Crippen molar-refractivity contribution in [3.05, 3.63) is 48.5 Å². The molecule has 1 saturated carbocycles. The molecule has 0 aromatic rings. The minimum atomic E-state index is 0.859. The van der Waals surface area contributed by atoms with E-state index in [0.717, 1.165) is 18.1 Å². The van der Waals surface area contributed by atoms with Gasteiger partial charge in [-0.1, -0.05) is 70.3 Å². The molecule has 0 spiro atoms. The van der Waals surface area contributed by atoms with Crippen LogP contribution in [0.1, 0.15) is 79.1 Å². The molecule has 1 fully saturated rings. The van der Waals surface area contributed by atoms with Gasteiger partial charge in [0.05, 0.1) is 6.26 Å². The van der Waals surface area contributed by atoms with Gasteiger partial charge in [-0.25, -0.2) is 0 Å². The van der Waals surface area contributed by atoms with Crippen molar-refractivity contribution in [1.82, 2.24) is 0 Å². The van der Waals surface area contributed by atoms with Crippen molar-refractivity contribution in [3.8, 4) is 0 Å². The molecule has 0 atom stereocenters. The van der Waals surface area contributed by atoms with Crippen molar-refractivity contribution in [1.29, 1.82) is 0 Å². The van der Waals surface area contributed by atoms with Gasteiger partial charge in [0.25, 0.3) is 0 Å². The molecule has 0 aromatic carbocycles. The van der Waals surface area contributed by atoms with E-state index in [9.17, 15) is 0 Å². The second kappa shape index (κ2) is 13.4. The Morgan fingerprint density at radius 1 is 1.18 bits per heavy atom. The Hall–Kier alpha value is -1.24. The molecule has 0 saturated heterocycles. The molecule has 1 rings (SSSR count). The molecule has 0 heterocycles. The van der Waals surface area contributed by atoms with E-state index in [0.29, 0.717) is 0 Å². The molecule has 126 valence electrons. The maximum atomic E-state index is 5.32. The topological polar surface area (TPSA) is 9.23 Å². The summed E-state index contributed by atoms with van der Waals surface area (Å²) in [5.74, 6) is 1.80. The van der Waals surface area contributed by atoms with Crippen LogP contribution in [0.5, 0.6) is 0 Å². The highest BCUT2D eigenvalue weighted by atomic mass is 16.5. The highest BCUT2D eigenvalue weighted by Crippen LogP contribution is 2.29. The van der Waals surface area contributed by atoms with Crippen LogP contribution in [0.25, 0.3) is 0 Å². The molecule has 1 aliphatic rings. The summed E-state index contributed by atoms with van der Waals surface area (Å²) in [6.45, 7) is 15.9. The summed E-state index contributed by atoms with van der Waals surface area (Å²) < 4.78 is 5.32. The second-order valence-electron chi connectivity index (χ2n) is 5.94. The summed E-state index contributed by atoms with van der Waals surface area (Å²) in [6, 6.07) is 0. The minimum Gasteiger partial charge on any atom is -0.466 e. The van der Waals surface area contributed by atoms with Gasteiger partial charge in [0.15, 0.2) is 0 Å². The molecule has 0 amide bonds. The first-order chi connectivity index (χ1) is 10.7. The number of rotatable bonds is 8. The van der Waals surface area contributed by atoms with Gasteiger partial charge < -0.3 is 4.74 Å². The van der Waals surface area contributed by atoms with Gasteiger partial charge in [0.2, 0.25) is 0 Å². The Bertz CT molecular complexity index is 367. The predicted octanol–water partition coefficient (Wildman–Crippen LogP) is 7.33. The standard InChI is InChI=1S/C19H30O.C2H6/c1-5-19(20-6-2)15-17(4)14-16(3)12-13-18-10-8-7-9-11-18;1-2/h5-6,15,18H,2-3,7-14H2,1,4H3;1-2H3/b17-15+,19-5-;. The number of hydrogen-bond donors (Lipinski definition) is 0. The summed E-state index contributed by atoms with van der Waals surface area (Å²) in [5.41, 5.74) is 2.65. The Kier molecular flexibility index (Phi) is 12.7. The van der Waals surface area contributed by atoms with Gasteiger partial charge in [-0.15, -0.1) is 0 Å². The molecule has 0 aliphatic heterocycles. The van der Waals surface area contributed by atoms with Crippen molar-refractivity contribution in [3.63, 3.8) is 0 Å². The Morgan fingerprint density at radius 3 is 2.36 bits per heavy atom. The maximum absolute atomic E-state index is 5.32. The van der Waals surface area contributed by atoms with Gasteiger partial charge in [0, 0.05) is 0 Å². The van der Waals surface area contributed by atoms with Crippen LogP contribution in [-0.4, -0.2) is 0 Å². The van der Waals surface area contributed by atoms with E-state index < -0.39 is 0 Å². The Morgan fingerprint density at radius 2 is 1.82 bits per heavy atom. The fourth-order valence-electron chi connectivity index (χ4n) is 2.94. The van der Waals surface area contributed by atoms with Crippen molar-refractivity contribution >= 4 is 0 Å². The quantitative estimate of drug-likeness (QED) is 0.259. The van der Waals surface area contributed by atoms with Gasteiger partial charge in [-0.3, -0.25) is 0 Å². The van der Waals surface area contributed by atoms with Crippen LogP contribution in [0.15, 0.2) is 48.5 Å². The summed E-state index contributed by atoms with van der Waals surface area (Å²) in [5, 5.41) is 0. The average Bonchev–Trinajstić information content (AvgIpc) is 2.55. The van der Waals surface area contributed by atoms with Gasteiger partial charge >= 0.3 is 0 Å². The molecule has 0 bridgehead atoms. The van der Waals surface area contributed by atoms with Crippen LogP contribution in [-0.2, 0) is 4.74 Å². The lowest BCUT2D eigenvalue weighted by Crippen LogP contribution is -2.06. The third-order valence-corrected chi connectivity index (χ3v) is 4.05. The van der Waals surface area contributed by atoms with E-state index in [-0.39, 0.29) is 0 Å². The summed E-state index contributed by atoms with van der Waals surface area (Å²) in [6.07, 6.45) is 16.1. The lowest BCUT2D eigenvalue weighted by molar-refractivity contribution is 0.338. The first kappa shape index (κ1) is 20.8. The fourth-order valence-corrected chi connectivity index (χ4v) is 2.94. The van der Waals surface area contributed by atoms with Crippen molar-refractivity contribution in [2.75, 3.05) is 0 Å². The fraction of sp³-hybridized carbons (Fsp3) is 0.619.